The summed E-state index contributed by atoms with van der Waals surface area (Å²) in [4.78, 5) is 20.5. The van der Waals surface area contributed by atoms with Gasteiger partial charge in [0.15, 0.2) is 0 Å². The summed E-state index contributed by atoms with van der Waals surface area (Å²) in [6.45, 7) is 2.19. The number of benzene rings is 3. The number of hydrogen-bond donors (Lipinski definition) is 1. The zero-order valence-corrected chi connectivity index (χ0v) is 20.4. The molecule has 1 aliphatic carbocycles. The van der Waals surface area contributed by atoms with Gasteiger partial charge < -0.3 is 14.8 Å². The number of rotatable bonds is 5. The molecule has 184 valence electrons. The molecule has 0 bridgehead atoms. The van der Waals surface area contributed by atoms with Crippen molar-refractivity contribution in [1.29, 1.82) is 0 Å². The molecular formula is C30H31FN4O. The van der Waals surface area contributed by atoms with Crippen LogP contribution in [0.3, 0.4) is 0 Å². The third-order valence-electron chi connectivity index (χ3n) is 7.72. The molecule has 1 unspecified atom stereocenters. The van der Waals surface area contributed by atoms with E-state index in [1.165, 1.54) is 23.3 Å². The number of fused-ring (bicyclic) bond motifs is 2. The highest BCUT2D eigenvalue weighted by molar-refractivity contribution is 5.80. The predicted molar refractivity (Wildman–Crippen MR) is 140 cm³/mol. The number of amides is 1. The number of carbonyl (C=O) groups is 1. The number of anilines is 1. The first kappa shape index (κ1) is 22.8. The van der Waals surface area contributed by atoms with Crippen LogP contribution in [0.25, 0.3) is 11.0 Å². The van der Waals surface area contributed by atoms with Crippen molar-refractivity contribution in [2.24, 2.45) is 5.92 Å². The minimum absolute atomic E-state index is 0.0188. The molecule has 1 N–H and O–H groups in total. The first-order valence-corrected chi connectivity index (χ1v) is 13.0. The summed E-state index contributed by atoms with van der Waals surface area (Å²) in [6, 6.07) is 23.4. The standard InChI is InChI=1S/C30H31FN4O/c31-24-14-12-21(13-15-24)20-35-28-11-4-3-9-27(28)33-30(35)34-18-16-23(17-19-34)29(36)32-26-10-5-7-22-6-1-2-8-25(22)26/h1-4,6,8-9,11-15,23,26H,5,7,10,16-20H2,(H,32,36). The van der Waals surface area contributed by atoms with Crippen LogP contribution in [-0.2, 0) is 17.8 Å². The van der Waals surface area contributed by atoms with E-state index >= 15 is 0 Å². The molecular weight excluding hydrogens is 451 g/mol. The Morgan fingerprint density at radius 2 is 1.69 bits per heavy atom. The van der Waals surface area contributed by atoms with Crippen LogP contribution in [0.15, 0.2) is 72.8 Å². The second kappa shape index (κ2) is 9.76. The van der Waals surface area contributed by atoms with Crippen molar-refractivity contribution in [2.75, 3.05) is 18.0 Å². The molecule has 6 rings (SSSR count). The lowest BCUT2D eigenvalue weighted by Crippen LogP contribution is -2.42. The van der Waals surface area contributed by atoms with Gasteiger partial charge in [0.1, 0.15) is 5.82 Å². The van der Waals surface area contributed by atoms with Crippen LogP contribution in [0.5, 0.6) is 0 Å². The predicted octanol–water partition coefficient (Wildman–Crippen LogP) is 5.63. The summed E-state index contributed by atoms with van der Waals surface area (Å²) in [5.74, 6) is 0.883. The molecule has 2 aliphatic rings. The lowest BCUT2D eigenvalue weighted by molar-refractivity contribution is -0.126. The molecule has 0 spiro atoms. The molecule has 1 aliphatic heterocycles. The van der Waals surface area contributed by atoms with E-state index in [9.17, 15) is 9.18 Å². The third-order valence-corrected chi connectivity index (χ3v) is 7.72. The second-order valence-electron chi connectivity index (χ2n) is 10.0. The van der Waals surface area contributed by atoms with Crippen molar-refractivity contribution >= 4 is 22.9 Å². The molecule has 4 aromatic rings. The minimum Gasteiger partial charge on any atom is -0.349 e. The summed E-state index contributed by atoms with van der Waals surface area (Å²) < 4.78 is 15.7. The molecule has 1 amide bonds. The number of aryl methyl sites for hydroxylation is 1. The van der Waals surface area contributed by atoms with Crippen LogP contribution in [0.2, 0.25) is 0 Å². The largest absolute Gasteiger partial charge is 0.349 e. The van der Waals surface area contributed by atoms with E-state index in [1.54, 1.807) is 0 Å². The van der Waals surface area contributed by atoms with Gasteiger partial charge in [-0.1, -0.05) is 48.5 Å². The lowest BCUT2D eigenvalue weighted by atomic mass is 9.87. The quantitative estimate of drug-likeness (QED) is 0.401. The highest BCUT2D eigenvalue weighted by Gasteiger charge is 2.30. The molecule has 1 fully saturated rings. The molecule has 36 heavy (non-hydrogen) atoms. The average molecular weight is 483 g/mol. The summed E-state index contributed by atoms with van der Waals surface area (Å²) in [6.07, 6.45) is 4.83. The normalized spacial score (nSPS) is 18.2. The Balaban J connectivity index is 1.16. The van der Waals surface area contributed by atoms with Gasteiger partial charge in [0.05, 0.1) is 23.6 Å². The van der Waals surface area contributed by atoms with Gasteiger partial charge in [0, 0.05) is 19.0 Å². The van der Waals surface area contributed by atoms with Gasteiger partial charge >= 0.3 is 0 Å². The number of halogens is 1. The van der Waals surface area contributed by atoms with Crippen molar-refractivity contribution in [1.82, 2.24) is 14.9 Å². The number of nitrogens with zero attached hydrogens (tertiary/aromatic N) is 3. The monoisotopic (exact) mass is 482 g/mol. The van der Waals surface area contributed by atoms with Gasteiger partial charge in [-0.15, -0.1) is 0 Å². The molecule has 1 saturated heterocycles. The van der Waals surface area contributed by atoms with Gasteiger partial charge in [-0.25, -0.2) is 9.37 Å². The van der Waals surface area contributed by atoms with E-state index in [4.69, 9.17) is 4.98 Å². The van der Waals surface area contributed by atoms with Gasteiger partial charge in [0.2, 0.25) is 11.9 Å². The topological polar surface area (TPSA) is 50.2 Å². The number of para-hydroxylation sites is 2. The van der Waals surface area contributed by atoms with Crippen molar-refractivity contribution in [3.8, 4) is 0 Å². The van der Waals surface area contributed by atoms with Gasteiger partial charge in [-0.05, 0) is 73.1 Å². The van der Waals surface area contributed by atoms with Crippen LogP contribution in [-0.4, -0.2) is 28.5 Å². The molecule has 5 nitrogen and oxygen atoms in total. The maximum atomic E-state index is 13.5. The Bertz CT molecular complexity index is 1370. The summed E-state index contributed by atoms with van der Waals surface area (Å²) in [7, 11) is 0. The van der Waals surface area contributed by atoms with E-state index in [0.29, 0.717) is 6.54 Å². The Kier molecular flexibility index (Phi) is 6.18. The summed E-state index contributed by atoms with van der Waals surface area (Å²) >= 11 is 0. The second-order valence-corrected chi connectivity index (χ2v) is 10.0. The van der Waals surface area contributed by atoms with E-state index in [-0.39, 0.29) is 23.7 Å². The van der Waals surface area contributed by atoms with Crippen LogP contribution in [0, 0.1) is 11.7 Å². The Hall–Kier alpha value is -3.67. The highest BCUT2D eigenvalue weighted by Crippen LogP contribution is 2.31. The molecule has 3 aromatic carbocycles. The maximum Gasteiger partial charge on any atom is 0.223 e. The Morgan fingerprint density at radius 1 is 0.944 bits per heavy atom. The van der Waals surface area contributed by atoms with E-state index in [0.717, 1.165) is 67.7 Å². The number of nitrogens with one attached hydrogen (secondary N) is 1. The minimum atomic E-state index is -0.230. The van der Waals surface area contributed by atoms with E-state index in [2.05, 4.69) is 45.1 Å². The van der Waals surface area contributed by atoms with E-state index in [1.807, 2.05) is 30.3 Å². The summed E-state index contributed by atoms with van der Waals surface area (Å²) in [5.41, 5.74) is 5.69. The van der Waals surface area contributed by atoms with Crippen molar-refractivity contribution < 1.29 is 9.18 Å². The van der Waals surface area contributed by atoms with Crippen molar-refractivity contribution in [3.63, 3.8) is 0 Å². The molecule has 0 saturated carbocycles. The smallest absolute Gasteiger partial charge is 0.223 e. The molecule has 1 atom stereocenters. The fourth-order valence-electron chi connectivity index (χ4n) is 5.77. The van der Waals surface area contributed by atoms with Crippen molar-refractivity contribution in [2.45, 2.75) is 44.7 Å². The average Bonchev–Trinajstić information content (AvgIpc) is 3.28. The first-order chi connectivity index (χ1) is 17.7. The van der Waals surface area contributed by atoms with Crippen LogP contribution >= 0.6 is 0 Å². The number of imidazole rings is 1. The molecule has 6 heteroatoms. The zero-order chi connectivity index (χ0) is 24.5. The lowest BCUT2D eigenvalue weighted by Gasteiger charge is -2.34. The molecule has 1 aromatic heterocycles. The Morgan fingerprint density at radius 3 is 2.53 bits per heavy atom. The molecule has 2 heterocycles. The number of carbonyl (C=O) groups excluding carboxylic acids is 1. The van der Waals surface area contributed by atoms with Gasteiger partial charge in [-0.3, -0.25) is 4.79 Å². The summed E-state index contributed by atoms with van der Waals surface area (Å²) in [5, 5.41) is 3.36. The Labute approximate surface area is 211 Å². The third kappa shape index (κ3) is 4.48. The van der Waals surface area contributed by atoms with Gasteiger partial charge in [-0.2, -0.15) is 0 Å². The van der Waals surface area contributed by atoms with E-state index < -0.39 is 0 Å². The van der Waals surface area contributed by atoms with Crippen LogP contribution in [0.1, 0.15) is 48.4 Å². The fraction of sp³-hybridized carbons (Fsp3) is 0.333. The molecule has 0 radical (unpaired) electrons. The fourth-order valence-corrected chi connectivity index (χ4v) is 5.77. The number of hydrogen-bond acceptors (Lipinski definition) is 3. The zero-order valence-electron chi connectivity index (χ0n) is 20.4. The number of aromatic nitrogens is 2. The number of piperidine rings is 1. The van der Waals surface area contributed by atoms with Gasteiger partial charge in [0.25, 0.3) is 0 Å². The first-order valence-electron chi connectivity index (χ1n) is 13.0. The van der Waals surface area contributed by atoms with Crippen LogP contribution in [0.4, 0.5) is 10.3 Å². The van der Waals surface area contributed by atoms with Crippen LogP contribution < -0.4 is 10.2 Å². The SMILES string of the molecule is O=C(NC1CCCc2ccccc21)C1CCN(c2nc3ccccc3n2Cc2ccc(F)cc2)CC1. The van der Waals surface area contributed by atoms with Crippen molar-refractivity contribution in [3.05, 3.63) is 95.3 Å². The maximum absolute atomic E-state index is 13.5. The highest BCUT2D eigenvalue weighted by atomic mass is 19.1.